The highest BCUT2D eigenvalue weighted by molar-refractivity contribution is 6.39. The minimum Gasteiger partial charge on any atom is -0.329 e. The Balaban J connectivity index is 2.04. The van der Waals surface area contributed by atoms with Gasteiger partial charge in [-0.1, -0.05) is 11.6 Å². The van der Waals surface area contributed by atoms with Crippen LogP contribution in [0.5, 0.6) is 0 Å². The highest BCUT2D eigenvalue weighted by Gasteiger charge is 2.32. The van der Waals surface area contributed by atoms with Crippen molar-refractivity contribution in [2.75, 3.05) is 5.32 Å². The summed E-state index contributed by atoms with van der Waals surface area (Å²) in [6, 6.07) is 6.93. The molecule has 1 aromatic carbocycles. The maximum atomic E-state index is 12.3. The smallest absolute Gasteiger partial charge is 0.313 e. The van der Waals surface area contributed by atoms with E-state index < -0.39 is 11.8 Å². The number of nitrogens with one attached hydrogen (secondary N) is 1. The van der Waals surface area contributed by atoms with Crippen LogP contribution in [0.2, 0.25) is 5.02 Å². The Kier molecular flexibility index (Phi) is 4.65. The molecule has 1 aromatic rings. The lowest BCUT2D eigenvalue weighted by molar-refractivity contribution is -0.147. The Morgan fingerprint density at radius 1 is 1.15 bits per heavy atom. The van der Waals surface area contributed by atoms with Gasteiger partial charge in [-0.05, 0) is 57.4 Å². The number of rotatable bonds is 1. The maximum absolute atomic E-state index is 12.3. The second kappa shape index (κ2) is 6.27. The summed E-state index contributed by atoms with van der Waals surface area (Å²) in [6.45, 7) is 3.98. The van der Waals surface area contributed by atoms with Crippen molar-refractivity contribution >= 4 is 29.1 Å². The molecule has 1 aliphatic heterocycles. The number of hydrogen-bond donors (Lipinski definition) is 1. The van der Waals surface area contributed by atoms with E-state index >= 15 is 0 Å². The van der Waals surface area contributed by atoms with E-state index in [9.17, 15) is 9.59 Å². The van der Waals surface area contributed by atoms with Gasteiger partial charge in [0.05, 0.1) is 0 Å². The molecule has 5 heteroatoms. The van der Waals surface area contributed by atoms with Crippen LogP contribution in [-0.2, 0) is 9.59 Å². The van der Waals surface area contributed by atoms with Crippen molar-refractivity contribution in [1.82, 2.24) is 4.90 Å². The first kappa shape index (κ1) is 14.9. The molecule has 0 saturated carbocycles. The topological polar surface area (TPSA) is 49.4 Å². The molecule has 0 bridgehead atoms. The van der Waals surface area contributed by atoms with Crippen LogP contribution in [0, 0.1) is 0 Å². The van der Waals surface area contributed by atoms with E-state index in [1.807, 2.05) is 13.8 Å². The van der Waals surface area contributed by atoms with E-state index in [-0.39, 0.29) is 12.1 Å². The number of carbonyl (C=O) groups excluding carboxylic acids is 2. The van der Waals surface area contributed by atoms with Crippen molar-refractivity contribution < 1.29 is 9.59 Å². The largest absolute Gasteiger partial charge is 0.329 e. The highest BCUT2D eigenvalue weighted by Crippen LogP contribution is 2.23. The molecule has 1 saturated heterocycles. The van der Waals surface area contributed by atoms with Gasteiger partial charge in [-0.15, -0.1) is 0 Å². The van der Waals surface area contributed by atoms with Crippen molar-refractivity contribution in [3.63, 3.8) is 0 Å². The Hall–Kier alpha value is -1.55. The van der Waals surface area contributed by atoms with Crippen LogP contribution in [0.4, 0.5) is 5.69 Å². The minimum atomic E-state index is -0.590. The second-order valence-electron chi connectivity index (χ2n) is 5.30. The molecule has 108 valence electrons. The van der Waals surface area contributed by atoms with Gasteiger partial charge in [0.2, 0.25) is 0 Å². The molecular weight excluding hydrogens is 276 g/mol. The van der Waals surface area contributed by atoms with Crippen LogP contribution in [-0.4, -0.2) is 28.8 Å². The molecule has 0 aromatic heterocycles. The van der Waals surface area contributed by atoms with Gasteiger partial charge in [0, 0.05) is 22.8 Å². The molecule has 2 unspecified atom stereocenters. The van der Waals surface area contributed by atoms with Crippen molar-refractivity contribution in [1.29, 1.82) is 0 Å². The number of nitrogens with zero attached hydrogens (tertiary/aromatic N) is 1. The summed E-state index contributed by atoms with van der Waals surface area (Å²) >= 11 is 5.78. The summed E-state index contributed by atoms with van der Waals surface area (Å²) in [4.78, 5) is 26.0. The van der Waals surface area contributed by atoms with Crippen LogP contribution in [0.25, 0.3) is 0 Å². The predicted octanol–water partition coefficient (Wildman–Crippen LogP) is 3.07. The quantitative estimate of drug-likeness (QED) is 0.809. The lowest BCUT2D eigenvalue weighted by atomic mass is 9.97. The first-order valence-corrected chi connectivity index (χ1v) is 7.26. The minimum absolute atomic E-state index is 0.113. The number of likely N-dealkylation sites (tertiary alicyclic amines) is 1. The van der Waals surface area contributed by atoms with Gasteiger partial charge in [0.1, 0.15) is 0 Å². The number of halogens is 1. The molecule has 2 atom stereocenters. The number of amides is 2. The maximum Gasteiger partial charge on any atom is 0.313 e. The van der Waals surface area contributed by atoms with E-state index in [1.54, 1.807) is 29.2 Å². The molecule has 0 aliphatic carbocycles. The molecule has 0 radical (unpaired) electrons. The van der Waals surface area contributed by atoms with Crippen LogP contribution < -0.4 is 5.32 Å². The van der Waals surface area contributed by atoms with Crippen LogP contribution in [0.15, 0.2) is 24.3 Å². The number of carbonyl (C=O) groups is 2. The molecular formula is C15H19ClN2O2. The second-order valence-corrected chi connectivity index (χ2v) is 5.74. The monoisotopic (exact) mass is 294 g/mol. The Morgan fingerprint density at radius 2 is 1.70 bits per heavy atom. The van der Waals surface area contributed by atoms with Gasteiger partial charge >= 0.3 is 11.8 Å². The predicted molar refractivity (Wildman–Crippen MR) is 79.7 cm³/mol. The first-order chi connectivity index (χ1) is 9.49. The van der Waals surface area contributed by atoms with Crippen molar-refractivity contribution in [3.05, 3.63) is 29.3 Å². The summed E-state index contributed by atoms with van der Waals surface area (Å²) in [5.74, 6) is -1.05. The summed E-state index contributed by atoms with van der Waals surface area (Å²) in [6.07, 6.45) is 3.00. The summed E-state index contributed by atoms with van der Waals surface area (Å²) in [5, 5.41) is 3.21. The highest BCUT2D eigenvalue weighted by atomic mass is 35.5. The van der Waals surface area contributed by atoms with Crippen molar-refractivity contribution in [2.45, 2.75) is 45.2 Å². The van der Waals surface area contributed by atoms with E-state index in [2.05, 4.69) is 5.32 Å². The SMILES string of the molecule is CC1CCCC(C)N1C(=O)C(=O)Nc1ccc(Cl)cc1. The molecule has 1 N–H and O–H groups in total. The zero-order chi connectivity index (χ0) is 14.7. The fourth-order valence-corrected chi connectivity index (χ4v) is 2.78. The number of benzene rings is 1. The number of hydrogen-bond acceptors (Lipinski definition) is 2. The van der Waals surface area contributed by atoms with E-state index in [4.69, 9.17) is 11.6 Å². The Morgan fingerprint density at radius 3 is 2.25 bits per heavy atom. The van der Waals surface area contributed by atoms with Gasteiger partial charge in [-0.25, -0.2) is 0 Å². The lowest BCUT2D eigenvalue weighted by Gasteiger charge is -2.38. The molecule has 4 nitrogen and oxygen atoms in total. The van der Waals surface area contributed by atoms with Gasteiger partial charge in [0.25, 0.3) is 0 Å². The molecule has 20 heavy (non-hydrogen) atoms. The van der Waals surface area contributed by atoms with Crippen molar-refractivity contribution in [2.24, 2.45) is 0 Å². The third-order valence-corrected chi connectivity index (χ3v) is 3.98. The van der Waals surface area contributed by atoms with Crippen LogP contribution in [0.3, 0.4) is 0 Å². The number of piperidine rings is 1. The zero-order valence-electron chi connectivity index (χ0n) is 11.7. The Bertz CT molecular complexity index is 491. The van der Waals surface area contributed by atoms with Gasteiger partial charge in [-0.3, -0.25) is 9.59 Å². The summed E-state index contributed by atoms with van der Waals surface area (Å²) in [5.41, 5.74) is 0.574. The summed E-state index contributed by atoms with van der Waals surface area (Å²) in [7, 11) is 0. The number of anilines is 1. The average molecular weight is 295 g/mol. The normalized spacial score (nSPS) is 22.4. The van der Waals surface area contributed by atoms with Crippen molar-refractivity contribution in [3.8, 4) is 0 Å². The molecule has 0 spiro atoms. The van der Waals surface area contributed by atoms with Gasteiger partial charge in [0.15, 0.2) is 0 Å². The third-order valence-electron chi connectivity index (χ3n) is 3.72. The molecule has 2 rings (SSSR count). The van der Waals surface area contributed by atoms with Gasteiger partial charge in [-0.2, -0.15) is 0 Å². The molecule has 2 amide bonds. The standard InChI is InChI=1S/C15H19ClN2O2/c1-10-4-3-5-11(2)18(10)15(20)14(19)17-13-8-6-12(16)7-9-13/h6-11H,3-5H2,1-2H3,(H,17,19). The fourth-order valence-electron chi connectivity index (χ4n) is 2.66. The van der Waals surface area contributed by atoms with Gasteiger partial charge < -0.3 is 10.2 Å². The van der Waals surface area contributed by atoms with E-state index in [0.717, 1.165) is 19.3 Å². The van der Waals surface area contributed by atoms with E-state index in [1.165, 1.54) is 0 Å². The molecule has 1 aliphatic rings. The Labute approximate surface area is 124 Å². The average Bonchev–Trinajstić information content (AvgIpc) is 2.41. The first-order valence-electron chi connectivity index (χ1n) is 6.88. The zero-order valence-corrected chi connectivity index (χ0v) is 12.5. The molecule has 1 fully saturated rings. The van der Waals surface area contributed by atoms with Crippen LogP contribution in [0.1, 0.15) is 33.1 Å². The molecule has 1 heterocycles. The fraction of sp³-hybridized carbons (Fsp3) is 0.467. The van der Waals surface area contributed by atoms with E-state index in [0.29, 0.717) is 10.7 Å². The van der Waals surface area contributed by atoms with Crippen LogP contribution >= 0.6 is 11.6 Å². The third kappa shape index (κ3) is 3.31. The lowest BCUT2D eigenvalue weighted by Crippen LogP contribution is -2.51. The summed E-state index contributed by atoms with van der Waals surface area (Å²) < 4.78 is 0.